The van der Waals surface area contributed by atoms with E-state index in [1.807, 2.05) is 12.1 Å². The summed E-state index contributed by atoms with van der Waals surface area (Å²) in [6, 6.07) is 4.53. The summed E-state index contributed by atoms with van der Waals surface area (Å²) in [5, 5.41) is 12.2. The van der Waals surface area contributed by atoms with Gasteiger partial charge in [0.15, 0.2) is 11.0 Å². The highest BCUT2D eigenvalue weighted by molar-refractivity contribution is 6.29. The number of rotatable bonds is 2. The van der Waals surface area contributed by atoms with Crippen molar-refractivity contribution in [1.29, 1.82) is 0 Å². The summed E-state index contributed by atoms with van der Waals surface area (Å²) in [6.45, 7) is 3.37. The number of hydrogen-bond acceptors (Lipinski definition) is 4. The second-order valence-corrected chi connectivity index (χ2v) is 5.63. The van der Waals surface area contributed by atoms with Crippen LogP contribution < -0.4 is 10.2 Å². The molecule has 1 unspecified atom stereocenters. The van der Waals surface area contributed by atoms with Crippen molar-refractivity contribution in [3.63, 3.8) is 0 Å². The van der Waals surface area contributed by atoms with Crippen LogP contribution in [0.2, 0.25) is 5.15 Å². The predicted molar refractivity (Wildman–Crippen MR) is 73.0 cm³/mol. The van der Waals surface area contributed by atoms with Crippen LogP contribution >= 0.6 is 11.6 Å². The molecule has 0 aliphatic carbocycles. The third-order valence-electron chi connectivity index (χ3n) is 4.15. The smallest absolute Gasteiger partial charge is 0.151 e. The third kappa shape index (κ3) is 2.59. The minimum absolute atomic E-state index is 0.462. The summed E-state index contributed by atoms with van der Waals surface area (Å²) in [5.74, 6) is 1.79. The summed E-state index contributed by atoms with van der Waals surface area (Å²) < 4.78 is 0. The van der Waals surface area contributed by atoms with E-state index in [9.17, 15) is 0 Å². The first-order chi connectivity index (χ1) is 8.83. The van der Waals surface area contributed by atoms with Gasteiger partial charge < -0.3 is 10.2 Å². The van der Waals surface area contributed by atoms with Crippen LogP contribution in [0.4, 0.5) is 5.82 Å². The van der Waals surface area contributed by atoms with Crippen LogP contribution in [0.25, 0.3) is 0 Å². The molecule has 5 heteroatoms. The van der Waals surface area contributed by atoms with Gasteiger partial charge in [0, 0.05) is 19.1 Å². The van der Waals surface area contributed by atoms with Crippen molar-refractivity contribution in [2.45, 2.75) is 31.7 Å². The molecule has 0 amide bonds. The first kappa shape index (κ1) is 12.2. The van der Waals surface area contributed by atoms with Gasteiger partial charge in [-0.05, 0) is 50.3 Å². The maximum atomic E-state index is 5.76. The van der Waals surface area contributed by atoms with Crippen LogP contribution in [-0.4, -0.2) is 35.9 Å². The Kier molecular flexibility index (Phi) is 3.66. The van der Waals surface area contributed by atoms with Crippen LogP contribution in [0.5, 0.6) is 0 Å². The molecular formula is C13H19ClN4. The number of piperidine rings is 1. The van der Waals surface area contributed by atoms with E-state index in [1.54, 1.807) is 0 Å². The standard InChI is InChI=1S/C13H19ClN4/c14-12-3-4-13(17-16-12)18-8-5-10(6-9-18)11-2-1-7-15-11/h3-4,10-11,15H,1-2,5-9H2. The molecule has 1 aromatic heterocycles. The molecule has 98 valence electrons. The Labute approximate surface area is 113 Å². The zero-order chi connectivity index (χ0) is 12.4. The molecule has 0 saturated carbocycles. The zero-order valence-electron chi connectivity index (χ0n) is 10.5. The summed E-state index contributed by atoms with van der Waals surface area (Å²) in [6.07, 6.45) is 5.20. The van der Waals surface area contributed by atoms with Gasteiger partial charge in [-0.15, -0.1) is 10.2 Å². The van der Waals surface area contributed by atoms with E-state index in [0.717, 1.165) is 30.9 Å². The van der Waals surface area contributed by atoms with E-state index < -0.39 is 0 Å². The first-order valence-electron chi connectivity index (χ1n) is 6.80. The fourth-order valence-electron chi connectivity index (χ4n) is 3.12. The molecule has 1 atom stereocenters. The highest BCUT2D eigenvalue weighted by Crippen LogP contribution is 2.27. The van der Waals surface area contributed by atoms with E-state index in [2.05, 4.69) is 20.4 Å². The van der Waals surface area contributed by atoms with Gasteiger partial charge in [0.05, 0.1) is 0 Å². The molecule has 2 aliphatic heterocycles. The lowest BCUT2D eigenvalue weighted by Crippen LogP contribution is -2.41. The molecule has 0 aromatic carbocycles. The maximum absolute atomic E-state index is 5.76. The summed E-state index contributed by atoms with van der Waals surface area (Å²) in [7, 11) is 0. The van der Waals surface area contributed by atoms with Crippen LogP contribution in [0.1, 0.15) is 25.7 Å². The predicted octanol–water partition coefficient (Wildman–Crippen LogP) is 2.10. The lowest BCUT2D eigenvalue weighted by molar-refractivity contribution is 0.318. The quantitative estimate of drug-likeness (QED) is 0.890. The average Bonchev–Trinajstić information content (AvgIpc) is 2.94. The molecule has 1 aromatic rings. The van der Waals surface area contributed by atoms with Crippen molar-refractivity contribution in [1.82, 2.24) is 15.5 Å². The second kappa shape index (κ2) is 5.41. The molecule has 2 fully saturated rings. The Morgan fingerprint density at radius 1 is 1.17 bits per heavy atom. The summed E-state index contributed by atoms with van der Waals surface area (Å²) in [4.78, 5) is 2.31. The lowest BCUT2D eigenvalue weighted by atomic mass is 9.88. The van der Waals surface area contributed by atoms with Gasteiger partial charge in [0.1, 0.15) is 0 Å². The minimum Gasteiger partial charge on any atom is -0.355 e. The van der Waals surface area contributed by atoms with Crippen molar-refractivity contribution in [2.24, 2.45) is 5.92 Å². The molecule has 0 spiro atoms. The normalized spacial score (nSPS) is 25.6. The largest absolute Gasteiger partial charge is 0.355 e. The molecule has 2 saturated heterocycles. The average molecular weight is 267 g/mol. The van der Waals surface area contributed by atoms with Crippen molar-refractivity contribution >= 4 is 17.4 Å². The highest BCUT2D eigenvalue weighted by atomic mass is 35.5. The first-order valence-corrected chi connectivity index (χ1v) is 7.18. The second-order valence-electron chi connectivity index (χ2n) is 5.24. The van der Waals surface area contributed by atoms with Crippen LogP contribution in [0.3, 0.4) is 0 Å². The van der Waals surface area contributed by atoms with Gasteiger partial charge in [-0.3, -0.25) is 0 Å². The summed E-state index contributed by atoms with van der Waals surface area (Å²) in [5.41, 5.74) is 0. The fraction of sp³-hybridized carbons (Fsp3) is 0.692. The minimum atomic E-state index is 0.462. The monoisotopic (exact) mass is 266 g/mol. The number of anilines is 1. The molecule has 1 N–H and O–H groups in total. The summed E-state index contributed by atoms with van der Waals surface area (Å²) >= 11 is 5.76. The van der Waals surface area contributed by atoms with Crippen molar-refractivity contribution in [3.8, 4) is 0 Å². The van der Waals surface area contributed by atoms with Crippen LogP contribution in [0.15, 0.2) is 12.1 Å². The van der Waals surface area contributed by atoms with Crippen molar-refractivity contribution < 1.29 is 0 Å². The van der Waals surface area contributed by atoms with Crippen molar-refractivity contribution in [2.75, 3.05) is 24.5 Å². The third-order valence-corrected chi connectivity index (χ3v) is 4.35. The molecule has 2 aliphatic rings. The van der Waals surface area contributed by atoms with E-state index in [4.69, 9.17) is 11.6 Å². The molecule has 18 heavy (non-hydrogen) atoms. The lowest BCUT2D eigenvalue weighted by Gasteiger charge is -2.35. The molecule has 0 bridgehead atoms. The Morgan fingerprint density at radius 2 is 2.00 bits per heavy atom. The topological polar surface area (TPSA) is 41.0 Å². The van der Waals surface area contributed by atoms with Gasteiger partial charge in [-0.2, -0.15) is 0 Å². The van der Waals surface area contributed by atoms with Gasteiger partial charge in [-0.1, -0.05) is 11.6 Å². The number of aromatic nitrogens is 2. The molecule has 3 rings (SSSR count). The van der Waals surface area contributed by atoms with E-state index in [1.165, 1.54) is 32.2 Å². The van der Waals surface area contributed by atoms with E-state index in [-0.39, 0.29) is 0 Å². The maximum Gasteiger partial charge on any atom is 0.151 e. The van der Waals surface area contributed by atoms with Crippen molar-refractivity contribution in [3.05, 3.63) is 17.3 Å². The number of nitrogens with one attached hydrogen (secondary N) is 1. The number of halogens is 1. The molecule has 4 nitrogen and oxygen atoms in total. The Bertz CT molecular complexity index is 380. The van der Waals surface area contributed by atoms with Crippen LogP contribution in [-0.2, 0) is 0 Å². The molecule has 3 heterocycles. The Hall–Kier alpha value is -0.870. The molecule has 0 radical (unpaired) electrons. The van der Waals surface area contributed by atoms with Gasteiger partial charge in [0.2, 0.25) is 0 Å². The fourth-order valence-corrected chi connectivity index (χ4v) is 3.22. The Balaban J connectivity index is 1.57. The molecular weight excluding hydrogens is 248 g/mol. The van der Waals surface area contributed by atoms with Gasteiger partial charge in [0.25, 0.3) is 0 Å². The number of hydrogen-bond donors (Lipinski definition) is 1. The van der Waals surface area contributed by atoms with Gasteiger partial charge >= 0.3 is 0 Å². The SMILES string of the molecule is Clc1ccc(N2CCC(C3CCCN3)CC2)nn1. The highest BCUT2D eigenvalue weighted by Gasteiger charge is 2.28. The van der Waals surface area contributed by atoms with Gasteiger partial charge in [-0.25, -0.2) is 0 Å². The Morgan fingerprint density at radius 3 is 2.61 bits per heavy atom. The van der Waals surface area contributed by atoms with Crippen LogP contribution in [0, 0.1) is 5.92 Å². The number of nitrogens with zero attached hydrogens (tertiary/aromatic N) is 3. The van der Waals surface area contributed by atoms with E-state index >= 15 is 0 Å². The van der Waals surface area contributed by atoms with E-state index in [0.29, 0.717) is 5.15 Å². The zero-order valence-corrected chi connectivity index (χ0v) is 11.2.